The average molecular weight is 523 g/mol. The Labute approximate surface area is 198 Å². The molecule has 176 valence electrons. The molecule has 0 amide bonds. The van der Waals surface area contributed by atoms with Gasteiger partial charge in [-0.05, 0) is 39.0 Å². The second-order valence-electron chi connectivity index (χ2n) is 6.96. The summed E-state index contributed by atoms with van der Waals surface area (Å²) in [4.78, 5) is 52.1. The predicted octanol–water partition coefficient (Wildman–Crippen LogP) is 2.17. The molecule has 0 bridgehead atoms. The quantitative estimate of drug-likeness (QED) is 0.403. The Hall–Kier alpha value is -3.34. The van der Waals surface area contributed by atoms with E-state index in [0.717, 1.165) is 0 Å². The number of hydrogen-bond acceptors (Lipinski definition) is 10. The molecule has 0 radical (unpaired) electrons. The number of halogens is 1. The molecule has 0 fully saturated rings. The van der Waals surface area contributed by atoms with Gasteiger partial charge in [-0.15, -0.1) is 0 Å². The Balaban J connectivity index is 2.40. The Bertz CT molecular complexity index is 1090. The fourth-order valence-electron chi connectivity index (χ4n) is 3.91. The summed E-state index contributed by atoms with van der Waals surface area (Å²) in [5.41, 5.74) is 3.99. The summed E-state index contributed by atoms with van der Waals surface area (Å²) in [7, 11) is 0. The van der Waals surface area contributed by atoms with Crippen molar-refractivity contribution in [3.63, 3.8) is 0 Å². The molecule has 33 heavy (non-hydrogen) atoms. The minimum atomic E-state index is -2.12. The lowest BCUT2D eigenvalue weighted by Gasteiger charge is -2.36. The van der Waals surface area contributed by atoms with E-state index in [2.05, 4.69) is 21.2 Å². The third kappa shape index (κ3) is 4.08. The normalized spacial score (nSPS) is 19.1. The molecular weight excluding hydrogens is 500 g/mol. The van der Waals surface area contributed by atoms with Crippen molar-refractivity contribution in [2.75, 3.05) is 25.1 Å². The molecule has 10 nitrogen and oxygen atoms in total. The molecule has 0 aliphatic carbocycles. The summed E-state index contributed by atoms with van der Waals surface area (Å²) in [6, 6.07) is 4.87. The molecule has 0 saturated carbocycles. The van der Waals surface area contributed by atoms with Gasteiger partial charge in [-0.1, -0.05) is 15.9 Å². The highest BCUT2D eigenvalue weighted by atomic mass is 79.9. The van der Waals surface area contributed by atoms with E-state index in [0.29, 0.717) is 10.2 Å². The smallest absolute Gasteiger partial charge is 0.339 e. The van der Waals surface area contributed by atoms with E-state index in [9.17, 15) is 19.2 Å². The number of nitrogens with one attached hydrogen (secondary N) is 1. The van der Waals surface area contributed by atoms with Gasteiger partial charge in [0, 0.05) is 15.7 Å². The van der Waals surface area contributed by atoms with Crippen LogP contribution in [0.4, 0.5) is 5.69 Å². The maximum atomic E-state index is 13.6. The second-order valence-corrected chi connectivity index (χ2v) is 7.88. The van der Waals surface area contributed by atoms with E-state index >= 15 is 0 Å². The number of anilines is 1. The minimum Gasteiger partial charge on any atom is -0.466 e. The van der Waals surface area contributed by atoms with Crippen molar-refractivity contribution in [2.24, 2.45) is 5.73 Å². The van der Waals surface area contributed by atoms with E-state index in [-0.39, 0.29) is 48.1 Å². The average Bonchev–Trinajstić information content (AvgIpc) is 3.01. The molecule has 11 heteroatoms. The first-order valence-corrected chi connectivity index (χ1v) is 11.0. The number of benzene rings is 1. The Morgan fingerprint density at radius 2 is 1.64 bits per heavy atom. The fraction of sp³-hybridized carbons (Fsp3) is 0.364. The molecule has 1 aromatic carbocycles. The van der Waals surface area contributed by atoms with Gasteiger partial charge in [0.1, 0.15) is 29.1 Å². The van der Waals surface area contributed by atoms with Crippen molar-refractivity contribution < 1.29 is 38.1 Å². The largest absolute Gasteiger partial charge is 0.466 e. The van der Waals surface area contributed by atoms with E-state index in [1.807, 2.05) is 0 Å². The molecular formula is C22H23BrN2O8. The summed E-state index contributed by atoms with van der Waals surface area (Å²) in [6.07, 6.45) is -0.526. The number of cyclic esters (lactones) is 1. The lowest BCUT2D eigenvalue weighted by atomic mass is 9.66. The number of nitrogens with two attached hydrogens (primary N) is 1. The number of carbonyl (C=O) groups excluding carboxylic acids is 4. The van der Waals surface area contributed by atoms with Gasteiger partial charge in [0.25, 0.3) is 0 Å². The molecule has 1 atom stereocenters. The van der Waals surface area contributed by atoms with Gasteiger partial charge in [0.15, 0.2) is 5.41 Å². The SMILES string of the molecule is CCOC(=O)CC1=C(C(=O)OCC)C2(C(=O)O1)C(C(=O)OCC)=C(N)Nc1ccc(Br)cc12. The maximum absolute atomic E-state index is 13.6. The van der Waals surface area contributed by atoms with Crippen LogP contribution in [0.25, 0.3) is 0 Å². The predicted molar refractivity (Wildman–Crippen MR) is 118 cm³/mol. The van der Waals surface area contributed by atoms with Crippen molar-refractivity contribution in [1.82, 2.24) is 0 Å². The van der Waals surface area contributed by atoms with Crippen LogP contribution in [-0.4, -0.2) is 43.7 Å². The van der Waals surface area contributed by atoms with Gasteiger partial charge >= 0.3 is 23.9 Å². The molecule has 1 unspecified atom stereocenters. The van der Waals surface area contributed by atoms with Crippen molar-refractivity contribution in [3.8, 4) is 0 Å². The van der Waals surface area contributed by atoms with Crippen LogP contribution in [0.3, 0.4) is 0 Å². The topological polar surface area (TPSA) is 143 Å². The zero-order valence-electron chi connectivity index (χ0n) is 18.3. The van der Waals surface area contributed by atoms with Crippen LogP contribution < -0.4 is 11.1 Å². The number of esters is 4. The Kier molecular flexibility index (Phi) is 7.11. The maximum Gasteiger partial charge on any atom is 0.339 e. The first kappa shape index (κ1) is 24.3. The number of carbonyl (C=O) groups is 4. The molecule has 3 N–H and O–H groups in total. The summed E-state index contributed by atoms with van der Waals surface area (Å²) in [6.45, 7) is 4.82. The minimum absolute atomic E-state index is 0.0137. The molecule has 0 aromatic heterocycles. The number of rotatable bonds is 7. The Morgan fingerprint density at radius 3 is 2.24 bits per heavy atom. The van der Waals surface area contributed by atoms with Gasteiger partial charge in [0.2, 0.25) is 0 Å². The summed E-state index contributed by atoms with van der Waals surface area (Å²) in [5.74, 6) is -4.05. The van der Waals surface area contributed by atoms with Crippen LogP contribution in [-0.2, 0) is 43.5 Å². The third-order valence-electron chi connectivity index (χ3n) is 5.04. The third-order valence-corrected chi connectivity index (χ3v) is 5.54. The standard InChI is InChI=1S/C22H23BrN2O8/c1-4-30-15(26)10-14-16(19(27)31-5-2)22(21(29)33-14)12-9-11(23)7-8-13(12)25-18(24)17(22)20(28)32-6-3/h7-9,25H,4-6,10,24H2,1-3H3. The molecule has 2 aliphatic rings. The summed E-state index contributed by atoms with van der Waals surface area (Å²) in [5, 5.41) is 2.88. The van der Waals surface area contributed by atoms with E-state index in [1.165, 1.54) is 0 Å². The summed E-state index contributed by atoms with van der Waals surface area (Å²) >= 11 is 3.36. The zero-order chi connectivity index (χ0) is 24.3. The van der Waals surface area contributed by atoms with Crippen molar-refractivity contribution in [1.29, 1.82) is 0 Å². The molecule has 1 spiro atoms. The van der Waals surface area contributed by atoms with Gasteiger partial charge in [-0.2, -0.15) is 0 Å². The van der Waals surface area contributed by atoms with Crippen molar-refractivity contribution in [3.05, 3.63) is 51.0 Å². The number of hydrogen-bond donors (Lipinski definition) is 2. The zero-order valence-corrected chi connectivity index (χ0v) is 19.9. The number of ether oxygens (including phenoxy) is 4. The van der Waals surface area contributed by atoms with Gasteiger partial charge in [-0.3, -0.25) is 4.79 Å². The van der Waals surface area contributed by atoms with Crippen LogP contribution >= 0.6 is 15.9 Å². The van der Waals surface area contributed by atoms with E-state index < -0.39 is 35.7 Å². The highest BCUT2D eigenvalue weighted by molar-refractivity contribution is 9.10. The monoisotopic (exact) mass is 522 g/mol. The van der Waals surface area contributed by atoms with Gasteiger partial charge < -0.3 is 30.0 Å². The second kappa shape index (κ2) is 9.65. The lowest BCUT2D eigenvalue weighted by Crippen LogP contribution is -2.48. The highest BCUT2D eigenvalue weighted by Gasteiger charge is 2.63. The van der Waals surface area contributed by atoms with E-state index in [1.54, 1.807) is 39.0 Å². The van der Waals surface area contributed by atoms with Crippen LogP contribution in [0, 0.1) is 0 Å². The van der Waals surface area contributed by atoms with Crippen LogP contribution in [0.15, 0.2) is 45.4 Å². The molecule has 0 saturated heterocycles. The van der Waals surface area contributed by atoms with Gasteiger partial charge in [0.05, 0.1) is 19.8 Å². The molecule has 1 aromatic rings. The van der Waals surface area contributed by atoms with Crippen LogP contribution in [0.2, 0.25) is 0 Å². The van der Waals surface area contributed by atoms with Crippen LogP contribution in [0.1, 0.15) is 32.8 Å². The molecule has 3 rings (SSSR count). The van der Waals surface area contributed by atoms with Crippen molar-refractivity contribution in [2.45, 2.75) is 32.6 Å². The van der Waals surface area contributed by atoms with E-state index in [4.69, 9.17) is 24.7 Å². The first-order valence-electron chi connectivity index (χ1n) is 10.2. The van der Waals surface area contributed by atoms with Gasteiger partial charge in [-0.25, -0.2) is 14.4 Å². The fourth-order valence-corrected chi connectivity index (χ4v) is 4.27. The van der Waals surface area contributed by atoms with Crippen LogP contribution in [0.5, 0.6) is 0 Å². The highest BCUT2D eigenvalue weighted by Crippen LogP contribution is 2.53. The summed E-state index contributed by atoms with van der Waals surface area (Å²) < 4.78 is 21.4. The first-order chi connectivity index (χ1) is 15.7. The number of fused-ring (bicyclic) bond motifs is 2. The Morgan fingerprint density at radius 1 is 1.03 bits per heavy atom. The lowest BCUT2D eigenvalue weighted by molar-refractivity contribution is -0.148. The van der Waals surface area contributed by atoms with Crippen molar-refractivity contribution >= 4 is 45.5 Å². The molecule has 2 heterocycles. The molecule has 2 aliphatic heterocycles.